The molecule has 2 aromatic rings. The Labute approximate surface area is 171 Å². The van der Waals surface area contributed by atoms with Crippen LogP contribution in [-0.4, -0.2) is 22.8 Å². The fourth-order valence-corrected chi connectivity index (χ4v) is 3.13. The molecule has 3 rings (SSSR count). The number of carbonyl (C=O) groups is 2. The fourth-order valence-electron chi connectivity index (χ4n) is 3.13. The molecule has 0 unspecified atom stereocenters. The van der Waals surface area contributed by atoms with E-state index >= 15 is 0 Å². The number of nitrogens with one attached hydrogen (secondary N) is 2. The Morgan fingerprint density at radius 3 is 2.56 bits per heavy atom. The van der Waals surface area contributed by atoms with Gasteiger partial charge in [-0.1, -0.05) is 18.6 Å². The highest BCUT2D eigenvalue weighted by molar-refractivity contribution is 6.04. The topological polar surface area (TPSA) is 97.1 Å². The van der Waals surface area contributed by atoms with Gasteiger partial charge in [0.15, 0.2) is 0 Å². The van der Waals surface area contributed by atoms with Crippen LogP contribution < -0.4 is 16.4 Å². The third kappa shape index (κ3) is 6.50. The number of hydrogen-bond acceptors (Lipinski definition) is 4. The predicted octanol–water partition coefficient (Wildman–Crippen LogP) is 3.63. The number of aromatic nitrogens is 1. The Morgan fingerprint density at radius 1 is 1.07 bits per heavy atom. The van der Waals surface area contributed by atoms with Crippen LogP contribution in [0.5, 0.6) is 0 Å². The molecule has 2 atom stereocenters. The number of anilines is 2. The molecule has 4 N–H and O–H groups in total. The van der Waals surface area contributed by atoms with Gasteiger partial charge in [-0.3, -0.25) is 9.59 Å². The number of nitrogens with two attached hydrogens (primary N) is 1. The summed E-state index contributed by atoms with van der Waals surface area (Å²) in [5.41, 5.74) is 7.08. The molecule has 0 spiro atoms. The van der Waals surface area contributed by atoms with Crippen LogP contribution in [-0.2, 0) is 4.79 Å². The van der Waals surface area contributed by atoms with Crippen molar-refractivity contribution in [1.82, 2.24) is 4.98 Å². The Bertz CT molecular complexity index is 758. The van der Waals surface area contributed by atoms with Crippen LogP contribution in [0, 0.1) is 5.92 Å². The van der Waals surface area contributed by atoms with Gasteiger partial charge in [-0.25, -0.2) is 4.98 Å². The first-order chi connectivity index (χ1) is 12.1. The van der Waals surface area contributed by atoms with Crippen LogP contribution in [0.15, 0.2) is 48.7 Å². The molecule has 0 bridgehead atoms. The number of benzene rings is 1. The summed E-state index contributed by atoms with van der Waals surface area (Å²) in [6.07, 6.45) is 5.11. The van der Waals surface area contributed by atoms with E-state index in [1.165, 1.54) is 0 Å². The standard InChI is InChI=1S/C19H22N4O2.2ClH/c20-16-8-4-5-13(16)12-18(24)22-15-7-3-6-14(11-15)19(25)23-17-9-1-2-10-21-17;;/h1-3,6-7,9-11,13,16H,4-5,8,12,20H2,(H,22,24)(H,21,23,25);2*1H/t13-,16+;;/m0../s1. The maximum Gasteiger partial charge on any atom is 0.256 e. The van der Waals surface area contributed by atoms with Crippen molar-refractivity contribution in [3.05, 3.63) is 54.2 Å². The maximum absolute atomic E-state index is 12.3. The van der Waals surface area contributed by atoms with Crippen molar-refractivity contribution in [3.63, 3.8) is 0 Å². The monoisotopic (exact) mass is 410 g/mol. The molecule has 146 valence electrons. The number of halogens is 2. The minimum atomic E-state index is -0.271. The first-order valence-electron chi connectivity index (χ1n) is 8.50. The summed E-state index contributed by atoms with van der Waals surface area (Å²) in [6.45, 7) is 0. The summed E-state index contributed by atoms with van der Waals surface area (Å²) in [6, 6.07) is 12.3. The first kappa shape index (κ1) is 22.9. The average molecular weight is 411 g/mol. The van der Waals surface area contributed by atoms with E-state index in [-0.39, 0.29) is 48.6 Å². The molecule has 1 aliphatic rings. The van der Waals surface area contributed by atoms with Crippen LogP contribution in [0.4, 0.5) is 11.5 Å². The minimum Gasteiger partial charge on any atom is -0.327 e. The molecule has 0 saturated heterocycles. The van der Waals surface area contributed by atoms with Crippen molar-refractivity contribution in [2.45, 2.75) is 31.7 Å². The van der Waals surface area contributed by atoms with E-state index in [9.17, 15) is 9.59 Å². The molecule has 6 nitrogen and oxygen atoms in total. The van der Waals surface area contributed by atoms with Crippen LogP contribution in [0.2, 0.25) is 0 Å². The van der Waals surface area contributed by atoms with Crippen molar-refractivity contribution >= 4 is 48.1 Å². The number of nitrogens with zero attached hydrogens (tertiary/aromatic N) is 1. The SMILES string of the molecule is Cl.Cl.N[C@@H]1CCC[C@H]1CC(=O)Nc1cccc(C(=O)Nc2ccccn2)c1. The largest absolute Gasteiger partial charge is 0.327 e. The van der Waals surface area contributed by atoms with Crippen LogP contribution in [0.3, 0.4) is 0 Å². The van der Waals surface area contributed by atoms with Gasteiger partial charge in [0.05, 0.1) is 0 Å². The number of pyridine rings is 1. The molecule has 0 aliphatic heterocycles. The van der Waals surface area contributed by atoms with Crippen molar-refractivity contribution in [2.24, 2.45) is 11.7 Å². The third-order valence-corrected chi connectivity index (χ3v) is 4.48. The molecule has 1 saturated carbocycles. The van der Waals surface area contributed by atoms with Gasteiger partial charge < -0.3 is 16.4 Å². The summed E-state index contributed by atoms with van der Waals surface area (Å²) in [5.74, 6) is 0.394. The Morgan fingerprint density at radius 2 is 1.89 bits per heavy atom. The van der Waals surface area contributed by atoms with Gasteiger partial charge in [-0.2, -0.15) is 0 Å². The lowest BCUT2D eigenvalue weighted by atomic mass is 10.00. The van der Waals surface area contributed by atoms with Gasteiger partial charge in [-0.15, -0.1) is 24.8 Å². The molecule has 1 aromatic carbocycles. The van der Waals surface area contributed by atoms with Crippen molar-refractivity contribution < 1.29 is 9.59 Å². The van der Waals surface area contributed by atoms with Gasteiger partial charge in [0.2, 0.25) is 5.91 Å². The van der Waals surface area contributed by atoms with Gasteiger partial charge in [0.1, 0.15) is 5.82 Å². The highest BCUT2D eigenvalue weighted by Crippen LogP contribution is 2.27. The summed E-state index contributed by atoms with van der Waals surface area (Å²) in [5, 5.41) is 5.58. The second-order valence-corrected chi connectivity index (χ2v) is 6.36. The second kappa shape index (κ2) is 10.9. The molecule has 0 radical (unpaired) electrons. The molecule has 1 fully saturated rings. The van der Waals surface area contributed by atoms with E-state index in [2.05, 4.69) is 15.6 Å². The molecule has 8 heteroatoms. The van der Waals surface area contributed by atoms with E-state index in [1.54, 1.807) is 48.7 Å². The van der Waals surface area contributed by atoms with Crippen molar-refractivity contribution in [1.29, 1.82) is 0 Å². The van der Waals surface area contributed by atoms with E-state index in [1.807, 2.05) is 0 Å². The van der Waals surface area contributed by atoms with Gasteiger partial charge >= 0.3 is 0 Å². The number of carbonyl (C=O) groups excluding carboxylic acids is 2. The van der Waals surface area contributed by atoms with Gasteiger partial charge in [0.25, 0.3) is 5.91 Å². The quantitative estimate of drug-likeness (QED) is 0.700. The number of rotatable bonds is 5. The van der Waals surface area contributed by atoms with Crippen LogP contribution >= 0.6 is 24.8 Å². The van der Waals surface area contributed by atoms with Gasteiger partial charge in [0, 0.05) is 29.9 Å². The number of hydrogen-bond donors (Lipinski definition) is 3. The summed E-state index contributed by atoms with van der Waals surface area (Å²) >= 11 is 0. The van der Waals surface area contributed by atoms with E-state index in [0.29, 0.717) is 23.5 Å². The zero-order valence-corrected chi connectivity index (χ0v) is 16.4. The summed E-state index contributed by atoms with van der Waals surface area (Å²) in [7, 11) is 0. The van der Waals surface area contributed by atoms with E-state index in [4.69, 9.17) is 5.73 Å². The predicted molar refractivity (Wildman–Crippen MR) is 112 cm³/mol. The average Bonchev–Trinajstić information content (AvgIpc) is 3.00. The molecule has 1 aliphatic carbocycles. The zero-order chi connectivity index (χ0) is 17.6. The van der Waals surface area contributed by atoms with Crippen LogP contribution in [0.1, 0.15) is 36.0 Å². The van der Waals surface area contributed by atoms with E-state index in [0.717, 1.165) is 19.3 Å². The molecule has 1 aromatic heterocycles. The smallest absolute Gasteiger partial charge is 0.256 e. The first-order valence-corrected chi connectivity index (χ1v) is 8.50. The lowest BCUT2D eigenvalue weighted by molar-refractivity contribution is -0.117. The van der Waals surface area contributed by atoms with Gasteiger partial charge in [-0.05, 0) is 49.1 Å². The molecule has 27 heavy (non-hydrogen) atoms. The molecule has 2 amide bonds. The Kier molecular flexibility index (Phi) is 9.21. The Balaban J connectivity index is 0.00000182. The number of amides is 2. The molecular weight excluding hydrogens is 387 g/mol. The fraction of sp³-hybridized carbons (Fsp3) is 0.316. The van der Waals surface area contributed by atoms with Crippen molar-refractivity contribution in [2.75, 3.05) is 10.6 Å². The van der Waals surface area contributed by atoms with E-state index < -0.39 is 0 Å². The molecular formula is C19H24Cl2N4O2. The Hall–Kier alpha value is -2.15. The normalized spacial score (nSPS) is 18.0. The highest BCUT2D eigenvalue weighted by Gasteiger charge is 2.26. The van der Waals surface area contributed by atoms with Crippen LogP contribution in [0.25, 0.3) is 0 Å². The highest BCUT2D eigenvalue weighted by atomic mass is 35.5. The zero-order valence-electron chi connectivity index (χ0n) is 14.8. The summed E-state index contributed by atoms with van der Waals surface area (Å²) < 4.78 is 0. The second-order valence-electron chi connectivity index (χ2n) is 6.36. The molecule has 1 heterocycles. The third-order valence-electron chi connectivity index (χ3n) is 4.48. The summed E-state index contributed by atoms with van der Waals surface area (Å²) in [4.78, 5) is 28.6. The lowest BCUT2D eigenvalue weighted by Crippen LogP contribution is -2.28. The lowest BCUT2D eigenvalue weighted by Gasteiger charge is -2.15. The van der Waals surface area contributed by atoms with Crippen molar-refractivity contribution in [3.8, 4) is 0 Å². The maximum atomic E-state index is 12.3. The minimum absolute atomic E-state index is 0.